The Morgan fingerprint density at radius 3 is 2.58 bits per heavy atom. The summed E-state index contributed by atoms with van der Waals surface area (Å²) in [6, 6.07) is 11.3. The van der Waals surface area contributed by atoms with E-state index < -0.39 is 0 Å². The van der Waals surface area contributed by atoms with Crippen LogP contribution in [-0.2, 0) is 17.8 Å². The van der Waals surface area contributed by atoms with Crippen LogP contribution in [0.15, 0.2) is 53.6 Å². The maximum atomic E-state index is 12.5. The molecule has 2 aromatic heterocycles. The van der Waals surface area contributed by atoms with E-state index in [9.17, 15) is 9.59 Å². The lowest BCUT2D eigenvalue weighted by Gasteiger charge is -2.12. The number of anilines is 1. The van der Waals surface area contributed by atoms with Crippen LogP contribution in [0.4, 0.5) is 5.69 Å². The molecule has 0 saturated heterocycles. The molecule has 0 aliphatic rings. The average Bonchev–Trinajstić information content (AvgIpc) is 2.73. The topological polar surface area (TPSA) is 99.8 Å². The van der Waals surface area contributed by atoms with Crippen molar-refractivity contribution in [1.29, 1.82) is 0 Å². The van der Waals surface area contributed by atoms with Gasteiger partial charge in [0, 0.05) is 47.9 Å². The van der Waals surface area contributed by atoms with Crippen molar-refractivity contribution in [3.8, 4) is 11.4 Å². The first-order chi connectivity index (χ1) is 14.1. The number of hydrogen-bond acceptors (Lipinski definition) is 5. The van der Waals surface area contributed by atoms with Crippen LogP contribution in [-0.4, -0.2) is 27.4 Å². The minimum absolute atomic E-state index is 0. The fraction of sp³-hybridized carbons (Fsp3) is 0.273. The van der Waals surface area contributed by atoms with Crippen LogP contribution in [0.2, 0.25) is 0 Å². The number of H-pyrrole nitrogens is 1. The van der Waals surface area contributed by atoms with Gasteiger partial charge in [-0.2, -0.15) is 0 Å². The highest BCUT2D eigenvalue weighted by molar-refractivity contribution is 5.91. The zero-order chi connectivity index (χ0) is 20.6. The van der Waals surface area contributed by atoms with Gasteiger partial charge >= 0.3 is 0 Å². The zero-order valence-corrected chi connectivity index (χ0v) is 19.1. The first-order valence-electron chi connectivity index (χ1n) is 9.67. The van der Waals surface area contributed by atoms with Crippen molar-refractivity contribution in [3.05, 3.63) is 76.0 Å². The summed E-state index contributed by atoms with van der Waals surface area (Å²) in [6.45, 7) is 5.36. The van der Waals surface area contributed by atoms with E-state index in [0.717, 1.165) is 23.4 Å². The van der Waals surface area contributed by atoms with Crippen LogP contribution in [0.1, 0.15) is 30.2 Å². The van der Waals surface area contributed by atoms with Crippen LogP contribution in [0, 0.1) is 6.92 Å². The van der Waals surface area contributed by atoms with E-state index in [4.69, 9.17) is 0 Å². The van der Waals surface area contributed by atoms with Crippen molar-refractivity contribution in [2.45, 2.75) is 33.2 Å². The lowest BCUT2D eigenvalue weighted by atomic mass is 10.1. The number of aryl methyl sites for hydroxylation is 1. The third kappa shape index (κ3) is 7.17. The largest absolute Gasteiger partial charge is 0.326 e. The molecule has 0 radical (unpaired) electrons. The number of hydrogen-bond donors (Lipinski definition) is 3. The number of benzene rings is 1. The number of pyridine rings is 1. The summed E-state index contributed by atoms with van der Waals surface area (Å²) in [4.78, 5) is 36.3. The molecule has 7 nitrogen and oxygen atoms in total. The molecule has 3 aromatic rings. The minimum atomic E-state index is -0.225. The average molecular weight is 464 g/mol. The number of para-hydroxylation sites is 1. The van der Waals surface area contributed by atoms with Gasteiger partial charge in [0.15, 0.2) is 0 Å². The third-order valence-electron chi connectivity index (χ3n) is 4.62. The second kappa shape index (κ2) is 12.8. The lowest BCUT2D eigenvalue weighted by molar-refractivity contribution is -0.116. The molecule has 1 amide bonds. The SMILES string of the molecule is CCNCc1ccccc1NC(=O)CCc1c(C)nc(-c2cccnc2)[nH]c1=O.Cl.Cl. The summed E-state index contributed by atoms with van der Waals surface area (Å²) < 4.78 is 0. The second-order valence-corrected chi connectivity index (χ2v) is 6.71. The quantitative estimate of drug-likeness (QED) is 0.473. The molecule has 0 aliphatic heterocycles. The molecule has 0 saturated carbocycles. The summed E-state index contributed by atoms with van der Waals surface area (Å²) in [5.41, 5.74) is 3.47. The van der Waals surface area contributed by atoms with E-state index in [-0.39, 0.29) is 42.7 Å². The Labute approximate surface area is 193 Å². The molecule has 0 atom stereocenters. The van der Waals surface area contributed by atoms with Gasteiger partial charge < -0.3 is 15.6 Å². The number of amides is 1. The lowest BCUT2D eigenvalue weighted by Crippen LogP contribution is -2.21. The van der Waals surface area contributed by atoms with Crippen LogP contribution in [0.25, 0.3) is 11.4 Å². The number of nitrogens with one attached hydrogen (secondary N) is 3. The normalized spacial score (nSPS) is 10.0. The minimum Gasteiger partial charge on any atom is -0.326 e. The smallest absolute Gasteiger partial charge is 0.254 e. The molecule has 0 bridgehead atoms. The van der Waals surface area contributed by atoms with Crippen LogP contribution < -0.4 is 16.2 Å². The Morgan fingerprint density at radius 1 is 1.13 bits per heavy atom. The molecule has 3 N–H and O–H groups in total. The van der Waals surface area contributed by atoms with Gasteiger partial charge in [0.1, 0.15) is 5.82 Å². The maximum Gasteiger partial charge on any atom is 0.254 e. The second-order valence-electron chi connectivity index (χ2n) is 6.71. The Hall–Kier alpha value is -2.74. The van der Waals surface area contributed by atoms with Crippen molar-refractivity contribution in [2.75, 3.05) is 11.9 Å². The summed E-state index contributed by atoms with van der Waals surface area (Å²) in [7, 11) is 0. The summed E-state index contributed by atoms with van der Waals surface area (Å²) in [6.07, 6.45) is 3.84. The molecular formula is C22H27Cl2N5O2. The van der Waals surface area contributed by atoms with Gasteiger partial charge in [0.2, 0.25) is 5.91 Å². The maximum absolute atomic E-state index is 12.5. The molecule has 9 heteroatoms. The molecule has 2 heterocycles. The third-order valence-corrected chi connectivity index (χ3v) is 4.62. The highest BCUT2D eigenvalue weighted by atomic mass is 35.5. The van der Waals surface area contributed by atoms with Gasteiger partial charge in [-0.3, -0.25) is 14.6 Å². The number of nitrogens with zero attached hydrogens (tertiary/aromatic N) is 2. The van der Waals surface area contributed by atoms with Crippen molar-refractivity contribution in [1.82, 2.24) is 20.3 Å². The van der Waals surface area contributed by atoms with Gasteiger partial charge in [-0.1, -0.05) is 25.1 Å². The Balaban J connectivity index is 0.00000240. The van der Waals surface area contributed by atoms with Crippen LogP contribution in [0.5, 0.6) is 0 Å². The number of aromatic amines is 1. The number of carbonyl (C=O) groups excluding carboxylic acids is 1. The number of rotatable bonds is 8. The van der Waals surface area contributed by atoms with Crippen molar-refractivity contribution < 1.29 is 4.79 Å². The Morgan fingerprint density at radius 2 is 1.90 bits per heavy atom. The fourth-order valence-electron chi connectivity index (χ4n) is 3.05. The van der Waals surface area contributed by atoms with Crippen molar-refractivity contribution in [2.24, 2.45) is 0 Å². The van der Waals surface area contributed by atoms with Crippen LogP contribution in [0.3, 0.4) is 0 Å². The van der Waals surface area contributed by atoms with Gasteiger partial charge in [-0.15, -0.1) is 24.8 Å². The Bertz CT molecular complexity index is 1040. The molecule has 166 valence electrons. The van der Waals surface area contributed by atoms with Gasteiger partial charge in [-0.05, 0) is 43.7 Å². The molecule has 0 fully saturated rings. The molecule has 1 aromatic carbocycles. The molecule has 0 spiro atoms. The predicted octanol–water partition coefficient (Wildman–Crippen LogP) is 3.66. The van der Waals surface area contributed by atoms with Crippen molar-refractivity contribution >= 4 is 36.4 Å². The van der Waals surface area contributed by atoms with E-state index in [1.165, 1.54) is 0 Å². The van der Waals surface area contributed by atoms with Crippen molar-refractivity contribution in [3.63, 3.8) is 0 Å². The first-order valence-corrected chi connectivity index (χ1v) is 9.67. The highest BCUT2D eigenvalue weighted by Gasteiger charge is 2.13. The van der Waals surface area contributed by atoms with E-state index in [1.54, 1.807) is 25.4 Å². The van der Waals surface area contributed by atoms with E-state index >= 15 is 0 Å². The van der Waals surface area contributed by atoms with Crippen LogP contribution >= 0.6 is 24.8 Å². The molecule has 0 aliphatic carbocycles. The molecule has 3 rings (SSSR count). The zero-order valence-electron chi connectivity index (χ0n) is 17.5. The predicted molar refractivity (Wildman–Crippen MR) is 128 cm³/mol. The number of halogens is 2. The summed E-state index contributed by atoms with van der Waals surface area (Å²) in [5, 5.41) is 6.21. The molecule has 0 unspecified atom stereocenters. The summed E-state index contributed by atoms with van der Waals surface area (Å²) in [5.74, 6) is 0.343. The standard InChI is InChI=1S/C22H25N5O2.2ClH/c1-3-23-13-16-7-4-5-9-19(16)26-20(28)11-10-18-15(2)25-21(27-22(18)29)17-8-6-12-24-14-17;;/h4-9,12,14,23H,3,10-11,13H2,1-2H3,(H,26,28)(H,25,27,29);2*1H. The number of aromatic nitrogens is 3. The molecular weight excluding hydrogens is 437 g/mol. The van der Waals surface area contributed by atoms with Gasteiger partial charge in [-0.25, -0.2) is 4.98 Å². The van der Waals surface area contributed by atoms with E-state index in [1.807, 2.05) is 37.3 Å². The molecule has 31 heavy (non-hydrogen) atoms. The first kappa shape index (κ1) is 26.3. The van der Waals surface area contributed by atoms with Gasteiger partial charge in [0.25, 0.3) is 5.56 Å². The van der Waals surface area contributed by atoms with E-state index in [0.29, 0.717) is 30.0 Å². The highest BCUT2D eigenvalue weighted by Crippen LogP contribution is 2.16. The fourth-order valence-corrected chi connectivity index (χ4v) is 3.05. The van der Waals surface area contributed by atoms with E-state index in [2.05, 4.69) is 25.6 Å². The Kier molecular flexibility index (Phi) is 10.9. The monoisotopic (exact) mass is 463 g/mol. The summed E-state index contributed by atoms with van der Waals surface area (Å²) >= 11 is 0. The number of carbonyl (C=O) groups is 1. The van der Waals surface area contributed by atoms with Gasteiger partial charge in [0.05, 0.1) is 0 Å².